The molecule has 0 amide bonds. The number of benzene rings is 2. The van der Waals surface area contributed by atoms with Crippen LogP contribution in [0.4, 0.5) is 0 Å². The minimum absolute atomic E-state index is 0.202. The zero-order valence-corrected chi connectivity index (χ0v) is 11.0. The van der Waals surface area contributed by atoms with Gasteiger partial charge < -0.3 is 9.84 Å². The number of methoxy groups -OCH3 is 1. The van der Waals surface area contributed by atoms with Crippen LogP contribution in [0.1, 0.15) is 27.0 Å². The number of carboxylic acids is 1. The van der Waals surface area contributed by atoms with Crippen LogP contribution in [0.2, 0.25) is 0 Å². The van der Waals surface area contributed by atoms with Gasteiger partial charge in [0.15, 0.2) is 0 Å². The molecule has 2 aromatic carbocycles. The molecular formula is C16H16O3. The van der Waals surface area contributed by atoms with Crippen molar-refractivity contribution in [2.45, 2.75) is 13.3 Å². The molecule has 0 aliphatic heterocycles. The topological polar surface area (TPSA) is 46.5 Å². The molecule has 0 saturated heterocycles. The average Bonchev–Trinajstić information content (AvgIpc) is 2.38. The lowest BCUT2D eigenvalue weighted by Crippen LogP contribution is -2.03. The predicted octanol–water partition coefficient (Wildman–Crippen LogP) is 3.29. The van der Waals surface area contributed by atoms with Crippen molar-refractivity contribution in [1.29, 1.82) is 0 Å². The molecule has 0 fully saturated rings. The first kappa shape index (κ1) is 13.1. The highest BCUT2D eigenvalue weighted by Crippen LogP contribution is 2.26. The van der Waals surface area contributed by atoms with Crippen molar-refractivity contribution in [3.63, 3.8) is 0 Å². The first-order chi connectivity index (χ1) is 9.11. The largest absolute Gasteiger partial charge is 0.496 e. The number of hydrogen-bond acceptors (Lipinski definition) is 2. The van der Waals surface area contributed by atoms with Gasteiger partial charge in [0.05, 0.1) is 7.11 Å². The summed E-state index contributed by atoms with van der Waals surface area (Å²) in [5.41, 5.74) is 3.41. The van der Waals surface area contributed by atoms with E-state index in [1.165, 1.54) is 12.7 Å². The maximum absolute atomic E-state index is 11.2. The van der Waals surface area contributed by atoms with E-state index < -0.39 is 5.97 Å². The molecule has 0 unspecified atom stereocenters. The average molecular weight is 256 g/mol. The van der Waals surface area contributed by atoms with E-state index in [0.717, 1.165) is 11.1 Å². The molecule has 0 aromatic heterocycles. The molecule has 2 rings (SSSR count). The summed E-state index contributed by atoms with van der Waals surface area (Å²) >= 11 is 0. The first-order valence-corrected chi connectivity index (χ1v) is 6.06. The van der Waals surface area contributed by atoms with Crippen LogP contribution in [0.3, 0.4) is 0 Å². The van der Waals surface area contributed by atoms with E-state index in [1.807, 2.05) is 31.2 Å². The van der Waals surface area contributed by atoms with E-state index in [2.05, 4.69) is 6.07 Å². The molecule has 0 atom stereocenters. The minimum Gasteiger partial charge on any atom is -0.496 e. The molecular weight excluding hydrogens is 240 g/mol. The van der Waals surface area contributed by atoms with Crippen LogP contribution in [-0.2, 0) is 6.42 Å². The van der Waals surface area contributed by atoms with Crippen LogP contribution in [0.15, 0.2) is 42.5 Å². The molecule has 2 aromatic rings. The molecule has 0 saturated carbocycles. The van der Waals surface area contributed by atoms with Crippen LogP contribution in [-0.4, -0.2) is 18.2 Å². The Morgan fingerprint density at radius 1 is 1.21 bits per heavy atom. The minimum atomic E-state index is -0.969. The zero-order valence-electron chi connectivity index (χ0n) is 11.0. The third kappa shape index (κ3) is 2.94. The Kier molecular flexibility index (Phi) is 3.85. The molecule has 19 heavy (non-hydrogen) atoms. The fourth-order valence-corrected chi connectivity index (χ4v) is 2.18. The van der Waals surface area contributed by atoms with Crippen molar-refractivity contribution >= 4 is 5.97 Å². The van der Waals surface area contributed by atoms with Gasteiger partial charge in [-0.2, -0.15) is 0 Å². The SMILES string of the molecule is COc1c(Cc2cccc(C)c2)cccc1C(=O)O. The number of aromatic carboxylic acids is 1. The van der Waals surface area contributed by atoms with Gasteiger partial charge in [-0.05, 0) is 24.1 Å². The molecule has 3 nitrogen and oxygen atoms in total. The molecule has 0 aliphatic carbocycles. The maximum Gasteiger partial charge on any atom is 0.339 e. The van der Waals surface area contributed by atoms with Crippen LogP contribution >= 0.6 is 0 Å². The second kappa shape index (κ2) is 5.57. The lowest BCUT2D eigenvalue weighted by atomic mass is 10.00. The summed E-state index contributed by atoms with van der Waals surface area (Å²) in [5, 5.41) is 9.15. The summed E-state index contributed by atoms with van der Waals surface area (Å²) in [7, 11) is 1.50. The van der Waals surface area contributed by atoms with Gasteiger partial charge in [0.25, 0.3) is 0 Å². The van der Waals surface area contributed by atoms with E-state index in [-0.39, 0.29) is 5.56 Å². The van der Waals surface area contributed by atoms with Gasteiger partial charge in [0.1, 0.15) is 11.3 Å². The number of rotatable bonds is 4. The number of ether oxygens (including phenoxy) is 1. The highest BCUT2D eigenvalue weighted by atomic mass is 16.5. The van der Waals surface area contributed by atoms with E-state index >= 15 is 0 Å². The van der Waals surface area contributed by atoms with Crippen molar-refractivity contribution in [2.75, 3.05) is 7.11 Å². The van der Waals surface area contributed by atoms with Gasteiger partial charge in [0, 0.05) is 6.42 Å². The molecule has 1 N–H and O–H groups in total. The quantitative estimate of drug-likeness (QED) is 0.913. The van der Waals surface area contributed by atoms with Crippen LogP contribution in [0.25, 0.3) is 0 Å². The van der Waals surface area contributed by atoms with Gasteiger partial charge in [-0.1, -0.05) is 42.0 Å². The maximum atomic E-state index is 11.2. The Morgan fingerprint density at radius 2 is 1.95 bits per heavy atom. The van der Waals surface area contributed by atoms with E-state index in [4.69, 9.17) is 9.84 Å². The van der Waals surface area contributed by atoms with Crippen LogP contribution < -0.4 is 4.74 Å². The second-order valence-electron chi connectivity index (χ2n) is 4.47. The summed E-state index contributed by atoms with van der Waals surface area (Å²) < 4.78 is 5.26. The fraction of sp³-hybridized carbons (Fsp3) is 0.188. The number of carboxylic acid groups (broad SMARTS) is 1. The molecule has 3 heteroatoms. The Balaban J connectivity index is 2.40. The molecule has 0 bridgehead atoms. The highest BCUT2D eigenvalue weighted by molar-refractivity contribution is 5.91. The molecule has 0 radical (unpaired) electrons. The molecule has 0 heterocycles. The third-order valence-electron chi connectivity index (χ3n) is 3.01. The third-order valence-corrected chi connectivity index (χ3v) is 3.01. The van der Waals surface area contributed by atoms with E-state index in [1.54, 1.807) is 12.1 Å². The number of aryl methyl sites for hydroxylation is 1. The summed E-state index contributed by atoms with van der Waals surface area (Å²) in [6.45, 7) is 2.04. The van der Waals surface area contributed by atoms with Gasteiger partial charge >= 0.3 is 5.97 Å². The number of para-hydroxylation sites is 1. The summed E-state index contributed by atoms with van der Waals surface area (Å²) in [6.07, 6.45) is 0.659. The Morgan fingerprint density at radius 3 is 2.58 bits per heavy atom. The normalized spacial score (nSPS) is 10.2. The van der Waals surface area contributed by atoms with Crippen molar-refractivity contribution < 1.29 is 14.6 Å². The molecule has 0 spiro atoms. The first-order valence-electron chi connectivity index (χ1n) is 6.06. The van der Waals surface area contributed by atoms with Crippen LogP contribution in [0.5, 0.6) is 5.75 Å². The monoisotopic (exact) mass is 256 g/mol. The van der Waals surface area contributed by atoms with Crippen molar-refractivity contribution in [3.8, 4) is 5.75 Å². The van der Waals surface area contributed by atoms with Gasteiger partial charge in [-0.3, -0.25) is 0 Å². The standard InChI is InChI=1S/C16H16O3/c1-11-5-3-6-12(9-11)10-13-7-4-8-14(16(17)18)15(13)19-2/h3-9H,10H2,1-2H3,(H,17,18). The lowest BCUT2D eigenvalue weighted by molar-refractivity contribution is 0.0693. The van der Waals surface area contributed by atoms with Gasteiger partial charge in [0.2, 0.25) is 0 Å². The Hall–Kier alpha value is -2.29. The molecule has 0 aliphatic rings. The van der Waals surface area contributed by atoms with Crippen molar-refractivity contribution in [2.24, 2.45) is 0 Å². The lowest BCUT2D eigenvalue weighted by Gasteiger charge is -2.11. The second-order valence-corrected chi connectivity index (χ2v) is 4.47. The molecule has 98 valence electrons. The smallest absolute Gasteiger partial charge is 0.339 e. The summed E-state index contributed by atoms with van der Waals surface area (Å²) in [6, 6.07) is 13.4. The fourth-order valence-electron chi connectivity index (χ4n) is 2.18. The highest BCUT2D eigenvalue weighted by Gasteiger charge is 2.14. The van der Waals surface area contributed by atoms with E-state index in [0.29, 0.717) is 12.2 Å². The Labute approximate surface area is 112 Å². The van der Waals surface area contributed by atoms with Gasteiger partial charge in [-0.25, -0.2) is 4.79 Å². The van der Waals surface area contributed by atoms with Crippen molar-refractivity contribution in [1.82, 2.24) is 0 Å². The Bertz CT molecular complexity index is 603. The zero-order chi connectivity index (χ0) is 13.8. The summed E-state index contributed by atoms with van der Waals surface area (Å²) in [5.74, 6) is -0.528. The van der Waals surface area contributed by atoms with Gasteiger partial charge in [-0.15, -0.1) is 0 Å². The van der Waals surface area contributed by atoms with E-state index in [9.17, 15) is 4.79 Å². The predicted molar refractivity (Wildman–Crippen MR) is 73.9 cm³/mol. The van der Waals surface area contributed by atoms with Crippen molar-refractivity contribution in [3.05, 3.63) is 64.7 Å². The summed E-state index contributed by atoms with van der Waals surface area (Å²) in [4.78, 5) is 11.2. The number of hydrogen-bond donors (Lipinski definition) is 1. The number of carbonyl (C=O) groups is 1. The van der Waals surface area contributed by atoms with Crippen LogP contribution in [0, 0.1) is 6.92 Å².